The Morgan fingerprint density at radius 1 is 1.09 bits per heavy atom. The van der Waals surface area contributed by atoms with E-state index in [9.17, 15) is 13.9 Å². The van der Waals surface area contributed by atoms with Crippen molar-refractivity contribution in [3.63, 3.8) is 0 Å². The molecule has 0 amide bonds. The van der Waals surface area contributed by atoms with Gasteiger partial charge in [-0.15, -0.1) is 0 Å². The van der Waals surface area contributed by atoms with E-state index in [0.717, 1.165) is 12.1 Å². The Bertz CT molecular complexity index is 860. The van der Waals surface area contributed by atoms with E-state index in [2.05, 4.69) is 5.16 Å². The smallest absolute Gasteiger partial charge is 0.174 e. The van der Waals surface area contributed by atoms with Crippen molar-refractivity contribution in [2.24, 2.45) is 0 Å². The summed E-state index contributed by atoms with van der Waals surface area (Å²) in [6.07, 6.45) is 0. The van der Waals surface area contributed by atoms with Crippen LogP contribution in [0.5, 0.6) is 0 Å². The molecule has 1 aromatic heterocycles. The number of benzene rings is 2. The third kappa shape index (κ3) is 2.83. The largest absolute Gasteiger partial charge is 0.391 e. The van der Waals surface area contributed by atoms with Gasteiger partial charge < -0.3 is 9.63 Å². The van der Waals surface area contributed by atoms with E-state index in [-0.39, 0.29) is 27.6 Å². The Kier molecular flexibility index (Phi) is 4.35. The molecule has 0 spiro atoms. The molecule has 0 saturated heterocycles. The van der Waals surface area contributed by atoms with Crippen LogP contribution in [-0.4, -0.2) is 10.3 Å². The van der Waals surface area contributed by atoms with Crippen molar-refractivity contribution >= 4 is 23.2 Å². The van der Waals surface area contributed by atoms with Crippen molar-refractivity contribution in [3.05, 3.63) is 63.6 Å². The highest BCUT2D eigenvalue weighted by molar-refractivity contribution is 6.36. The van der Waals surface area contributed by atoms with Crippen LogP contribution in [0.3, 0.4) is 0 Å². The highest BCUT2D eigenvalue weighted by Crippen LogP contribution is 2.38. The van der Waals surface area contributed by atoms with Gasteiger partial charge in [-0.3, -0.25) is 0 Å². The van der Waals surface area contributed by atoms with Gasteiger partial charge in [0.05, 0.1) is 22.8 Å². The fourth-order valence-electron chi connectivity index (χ4n) is 2.26. The zero-order chi connectivity index (χ0) is 16.6. The first-order chi connectivity index (χ1) is 11.0. The Hall–Kier alpha value is -1.95. The summed E-state index contributed by atoms with van der Waals surface area (Å²) in [7, 11) is 0. The number of hydrogen-bond donors (Lipinski definition) is 1. The van der Waals surface area contributed by atoms with Gasteiger partial charge in [-0.2, -0.15) is 0 Å². The van der Waals surface area contributed by atoms with Crippen molar-refractivity contribution in [2.45, 2.75) is 6.61 Å². The summed E-state index contributed by atoms with van der Waals surface area (Å²) in [6, 6.07) is 8.09. The first-order valence-electron chi connectivity index (χ1n) is 6.52. The maximum Gasteiger partial charge on any atom is 0.174 e. The minimum atomic E-state index is -0.804. The number of hydrogen-bond acceptors (Lipinski definition) is 3. The topological polar surface area (TPSA) is 46.3 Å². The van der Waals surface area contributed by atoms with E-state index in [1.54, 1.807) is 12.1 Å². The fraction of sp³-hybridized carbons (Fsp3) is 0.0625. The summed E-state index contributed by atoms with van der Waals surface area (Å²) < 4.78 is 33.1. The predicted molar refractivity (Wildman–Crippen MR) is 83.2 cm³/mol. The number of halogens is 4. The first kappa shape index (κ1) is 15.9. The van der Waals surface area contributed by atoms with E-state index in [1.165, 1.54) is 12.1 Å². The second kappa shape index (κ2) is 6.28. The van der Waals surface area contributed by atoms with Gasteiger partial charge >= 0.3 is 0 Å². The van der Waals surface area contributed by atoms with Crippen LogP contribution in [0.1, 0.15) is 5.56 Å². The lowest BCUT2D eigenvalue weighted by atomic mass is 10.0. The van der Waals surface area contributed by atoms with Gasteiger partial charge in [-0.25, -0.2) is 8.78 Å². The van der Waals surface area contributed by atoms with Crippen LogP contribution in [0.25, 0.3) is 22.6 Å². The van der Waals surface area contributed by atoms with E-state index >= 15 is 0 Å². The van der Waals surface area contributed by atoms with Gasteiger partial charge in [-0.1, -0.05) is 34.4 Å². The van der Waals surface area contributed by atoms with Crippen LogP contribution < -0.4 is 0 Å². The van der Waals surface area contributed by atoms with Crippen LogP contribution in [0.2, 0.25) is 10.0 Å². The number of nitrogens with zero attached hydrogens (tertiary/aromatic N) is 1. The Labute approximate surface area is 140 Å². The van der Waals surface area contributed by atoms with Gasteiger partial charge in [0.2, 0.25) is 0 Å². The maximum absolute atomic E-state index is 13.9. The minimum absolute atomic E-state index is 0.107. The van der Waals surface area contributed by atoms with E-state index < -0.39 is 18.2 Å². The summed E-state index contributed by atoms with van der Waals surface area (Å²) in [6.45, 7) is -0.527. The molecule has 118 valence electrons. The van der Waals surface area contributed by atoms with Crippen molar-refractivity contribution < 1.29 is 18.4 Å². The Morgan fingerprint density at radius 2 is 1.78 bits per heavy atom. The van der Waals surface area contributed by atoms with Crippen molar-refractivity contribution in [2.75, 3.05) is 0 Å². The molecule has 0 bridgehead atoms. The van der Waals surface area contributed by atoms with E-state index in [1.807, 2.05) is 0 Å². The van der Waals surface area contributed by atoms with E-state index in [4.69, 9.17) is 27.7 Å². The van der Waals surface area contributed by atoms with Gasteiger partial charge in [0.15, 0.2) is 5.76 Å². The molecule has 3 nitrogen and oxygen atoms in total. The lowest BCUT2D eigenvalue weighted by Crippen LogP contribution is -1.95. The van der Waals surface area contributed by atoms with Crippen molar-refractivity contribution in [3.8, 4) is 22.6 Å². The number of aliphatic hydroxyl groups excluding tert-OH is 1. The van der Waals surface area contributed by atoms with Crippen molar-refractivity contribution in [1.82, 2.24) is 5.16 Å². The van der Waals surface area contributed by atoms with Gasteiger partial charge in [-0.05, 0) is 30.3 Å². The molecule has 2 aromatic carbocycles. The van der Waals surface area contributed by atoms with Gasteiger partial charge in [0.25, 0.3) is 0 Å². The summed E-state index contributed by atoms with van der Waals surface area (Å²) in [5.74, 6) is -1.48. The molecule has 0 aliphatic carbocycles. The lowest BCUT2D eigenvalue weighted by molar-refractivity contribution is 0.281. The maximum atomic E-state index is 13.9. The first-order valence-corrected chi connectivity index (χ1v) is 7.27. The summed E-state index contributed by atoms with van der Waals surface area (Å²) in [5, 5.41) is 14.0. The predicted octanol–water partition coefficient (Wildman–Crippen LogP) is 5.09. The van der Waals surface area contributed by atoms with Crippen LogP contribution >= 0.6 is 23.2 Å². The quantitative estimate of drug-likeness (QED) is 0.711. The molecule has 0 saturated carbocycles. The highest BCUT2D eigenvalue weighted by atomic mass is 35.5. The summed E-state index contributed by atoms with van der Waals surface area (Å²) in [4.78, 5) is 0. The highest BCUT2D eigenvalue weighted by Gasteiger charge is 2.24. The second-order valence-corrected chi connectivity index (χ2v) is 5.56. The molecule has 3 aromatic rings. The molecular weight excluding hydrogens is 347 g/mol. The monoisotopic (exact) mass is 355 g/mol. The zero-order valence-corrected chi connectivity index (χ0v) is 13.0. The standard InChI is InChI=1S/C16H9Cl2F2NO2/c17-8-4-5-9(11(18)6-8)16-10(7-22)15(21-23-16)14-12(19)2-1-3-13(14)20/h1-6,22H,7H2. The molecule has 0 aliphatic rings. The number of aliphatic hydroxyl groups is 1. The average molecular weight is 356 g/mol. The third-order valence-corrected chi connectivity index (χ3v) is 3.87. The van der Waals surface area contributed by atoms with Crippen LogP contribution in [0.15, 0.2) is 40.9 Å². The lowest BCUT2D eigenvalue weighted by Gasteiger charge is -2.05. The molecule has 7 heteroatoms. The van der Waals surface area contributed by atoms with Gasteiger partial charge in [0.1, 0.15) is 17.3 Å². The molecule has 23 heavy (non-hydrogen) atoms. The van der Waals surface area contributed by atoms with Crippen LogP contribution in [0.4, 0.5) is 8.78 Å². The molecular formula is C16H9Cl2F2NO2. The minimum Gasteiger partial charge on any atom is -0.391 e. The summed E-state index contributed by atoms with van der Waals surface area (Å²) >= 11 is 12.0. The molecule has 1 heterocycles. The zero-order valence-electron chi connectivity index (χ0n) is 11.5. The van der Waals surface area contributed by atoms with E-state index in [0.29, 0.717) is 10.6 Å². The number of aromatic nitrogens is 1. The van der Waals surface area contributed by atoms with Crippen LogP contribution in [0, 0.1) is 11.6 Å². The Morgan fingerprint density at radius 3 is 2.39 bits per heavy atom. The van der Waals surface area contributed by atoms with Crippen LogP contribution in [-0.2, 0) is 6.61 Å². The average Bonchev–Trinajstić information content (AvgIpc) is 2.90. The molecule has 1 N–H and O–H groups in total. The van der Waals surface area contributed by atoms with Crippen molar-refractivity contribution in [1.29, 1.82) is 0 Å². The molecule has 0 unspecified atom stereocenters. The molecule has 0 atom stereocenters. The fourth-order valence-corrected chi connectivity index (χ4v) is 2.76. The normalized spacial score (nSPS) is 11.0. The molecule has 3 rings (SSSR count). The second-order valence-electron chi connectivity index (χ2n) is 4.72. The molecule has 0 aliphatic heterocycles. The summed E-state index contributed by atoms with van der Waals surface area (Å²) in [5.41, 5.74) is 0.0783. The Balaban J connectivity index is 2.22. The molecule has 0 fully saturated rings. The van der Waals surface area contributed by atoms with Gasteiger partial charge in [0, 0.05) is 10.6 Å². The SMILES string of the molecule is OCc1c(-c2c(F)cccc2F)noc1-c1ccc(Cl)cc1Cl. The number of rotatable bonds is 3. The third-order valence-electron chi connectivity index (χ3n) is 3.32. The molecule has 0 radical (unpaired) electrons.